The van der Waals surface area contributed by atoms with Crippen LogP contribution < -0.4 is 0 Å². The molecular formula is C7H15B. The molecule has 0 amide bonds. The Balaban J connectivity index is 2.28. The summed E-state index contributed by atoms with van der Waals surface area (Å²) in [5, 5.41) is 0. The lowest BCUT2D eigenvalue weighted by atomic mass is 9.69. The summed E-state index contributed by atoms with van der Waals surface area (Å²) in [6.07, 6.45) is 5.90. The third kappa shape index (κ3) is 1.27. The minimum atomic E-state index is 1.00. The largest absolute Gasteiger partial charge is 0.105 e. The number of rotatable bonds is 0. The van der Waals surface area contributed by atoms with Gasteiger partial charge in [0, 0.05) is 0 Å². The summed E-state index contributed by atoms with van der Waals surface area (Å²) in [6.45, 7) is 2.38. The molecule has 1 saturated carbocycles. The Labute approximate surface area is 53.1 Å². The van der Waals surface area contributed by atoms with Gasteiger partial charge in [-0.3, -0.25) is 0 Å². The van der Waals surface area contributed by atoms with Crippen LogP contribution in [0.4, 0.5) is 0 Å². The van der Waals surface area contributed by atoms with Gasteiger partial charge in [0.15, 0.2) is 0 Å². The van der Waals surface area contributed by atoms with Gasteiger partial charge in [-0.15, -0.1) is 0 Å². The van der Waals surface area contributed by atoms with E-state index in [1.165, 1.54) is 25.7 Å². The van der Waals surface area contributed by atoms with Gasteiger partial charge in [0.25, 0.3) is 0 Å². The summed E-state index contributed by atoms with van der Waals surface area (Å²) >= 11 is 0. The molecule has 2 unspecified atom stereocenters. The molecule has 1 aliphatic rings. The van der Waals surface area contributed by atoms with E-state index in [4.69, 9.17) is 0 Å². The van der Waals surface area contributed by atoms with Crippen LogP contribution in [-0.2, 0) is 0 Å². The zero-order valence-electron chi connectivity index (χ0n) is 5.98. The van der Waals surface area contributed by atoms with Gasteiger partial charge in [0.2, 0.25) is 0 Å². The zero-order valence-corrected chi connectivity index (χ0v) is 5.98. The van der Waals surface area contributed by atoms with E-state index in [2.05, 4.69) is 14.8 Å². The fourth-order valence-electron chi connectivity index (χ4n) is 1.50. The lowest BCUT2D eigenvalue weighted by molar-refractivity contribution is 0.386. The van der Waals surface area contributed by atoms with Crippen LogP contribution in [0.1, 0.15) is 32.6 Å². The van der Waals surface area contributed by atoms with Gasteiger partial charge >= 0.3 is 0 Å². The Bertz CT molecular complexity index is 60.8. The van der Waals surface area contributed by atoms with Crippen LogP contribution in [0.5, 0.6) is 0 Å². The Morgan fingerprint density at radius 3 is 2.25 bits per heavy atom. The molecule has 0 bridgehead atoms. The predicted octanol–water partition coefficient (Wildman–Crippen LogP) is 1.62. The van der Waals surface area contributed by atoms with Gasteiger partial charge < -0.3 is 0 Å². The molecule has 1 aliphatic carbocycles. The molecule has 1 heteroatoms. The fraction of sp³-hybridized carbons (Fsp3) is 1.00. The van der Waals surface area contributed by atoms with E-state index >= 15 is 0 Å². The van der Waals surface area contributed by atoms with Crippen LogP contribution >= 0.6 is 0 Å². The van der Waals surface area contributed by atoms with Crippen LogP contribution in [0.15, 0.2) is 0 Å². The van der Waals surface area contributed by atoms with Crippen molar-refractivity contribution in [3.8, 4) is 0 Å². The highest BCUT2D eigenvalue weighted by molar-refractivity contribution is 6.11. The predicted molar refractivity (Wildman–Crippen MR) is 39.9 cm³/mol. The average molecular weight is 110 g/mol. The zero-order chi connectivity index (χ0) is 5.98. The molecule has 8 heavy (non-hydrogen) atoms. The quantitative estimate of drug-likeness (QED) is 0.415. The summed E-state index contributed by atoms with van der Waals surface area (Å²) in [7, 11) is 2.38. The third-order valence-electron chi connectivity index (χ3n) is 2.54. The normalized spacial score (nSPS) is 39.6. The molecule has 0 aromatic rings. The molecule has 0 spiro atoms. The van der Waals surface area contributed by atoms with Gasteiger partial charge in [0.05, 0.1) is 0 Å². The first-order valence-electron chi connectivity index (χ1n) is 3.80. The molecule has 1 fully saturated rings. The first-order valence-corrected chi connectivity index (χ1v) is 3.80. The van der Waals surface area contributed by atoms with Gasteiger partial charge in [0.1, 0.15) is 7.85 Å². The lowest BCUT2D eigenvalue weighted by Gasteiger charge is -2.24. The van der Waals surface area contributed by atoms with Crippen molar-refractivity contribution in [2.75, 3.05) is 0 Å². The summed E-state index contributed by atoms with van der Waals surface area (Å²) in [4.78, 5) is 0. The smallest absolute Gasteiger partial charge is 0.0672 e. The van der Waals surface area contributed by atoms with E-state index in [1.54, 1.807) is 0 Å². The van der Waals surface area contributed by atoms with Crippen molar-refractivity contribution in [3.05, 3.63) is 0 Å². The van der Waals surface area contributed by atoms with Crippen LogP contribution in [0.3, 0.4) is 0 Å². The number of hydrogen-bond acceptors (Lipinski definition) is 0. The standard InChI is InChI=1S/C7H15B/c1-6-4-2-3-5-7(6)8/h6-7H,2-5,8H2,1H3. The van der Waals surface area contributed by atoms with Gasteiger partial charge in [-0.05, 0) is 5.92 Å². The van der Waals surface area contributed by atoms with Crippen molar-refractivity contribution in [1.82, 2.24) is 0 Å². The van der Waals surface area contributed by atoms with Crippen LogP contribution in [0.25, 0.3) is 0 Å². The van der Waals surface area contributed by atoms with Crippen molar-refractivity contribution in [3.63, 3.8) is 0 Å². The SMILES string of the molecule is BC1CCCCC1C. The Morgan fingerprint density at radius 1 is 1.25 bits per heavy atom. The maximum atomic E-state index is 2.38. The van der Waals surface area contributed by atoms with Gasteiger partial charge in [-0.2, -0.15) is 0 Å². The highest BCUT2D eigenvalue weighted by Gasteiger charge is 2.15. The third-order valence-corrected chi connectivity index (χ3v) is 2.54. The Morgan fingerprint density at radius 2 is 1.88 bits per heavy atom. The minimum absolute atomic E-state index is 1.00. The molecule has 0 N–H and O–H groups in total. The summed E-state index contributed by atoms with van der Waals surface area (Å²) in [5.41, 5.74) is 0. The monoisotopic (exact) mass is 110 g/mol. The Kier molecular flexibility index (Phi) is 1.98. The minimum Gasteiger partial charge on any atom is -0.0672 e. The Hall–Kier alpha value is 0.0649. The molecule has 46 valence electrons. The second kappa shape index (κ2) is 2.57. The molecule has 0 heterocycles. The molecule has 2 atom stereocenters. The molecular weight excluding hydrogens is 94.9 g/mol. The van der Waals surface area contributed by atoms with Crippen molar-refractivity contribution < 1.29 is 0 Å². The topological polar surface area (TPSA) is 0 Å². The molecule has 0 saturated heterocycles. The van der Waals surface area contributed by atoms with Gasteiger partial charge in [-0.25, -0.2) is 0 Å². The van der Waals surface area contributed by atoms with E-state index in [-0.39, 0.29) is 0 Å². The van der Waals surface area contributed by atoms with E-state index < -0.39 is 0 Å². The second-order valence-electron chi connectivity index (χ2n) is 3.24. The second-order valence-corrected chi connectivity index (χ2v) is 3.24. The summed E-state index contributed by atoms with van der Waals surface area (Å²) in [6, 6.07) is 0. The molecule has 0 radical (unpaired) electrons. The number of hydrogen-bond donors (Lipinski definition) is 0. The van der Waals surface area contributed by atoms with Crippen molar-refractivity contribution in [1.29, 1.82) is 0 Å². The van der Waals surface area contributed by atoms with Crippen LogP contribution in [0, 0.1) is 5.92 Å². The molecule has 0 aromatic heterocycles. The van der Waals surface area contributed by atoms with E-state index in [0.29, 0.717) is 0 Å². The average Bonchev–Trinajstić information content (AvgIpc) is 1.77. The summed E-state index contributed by atoms with van der Waals surface area (Å²) < 4.78 is 0. The van der Waals surface area contributed by atoms with Crippen LogP contribution in [-0.4, -0.2) is 7.85 Å². The first-order chi connectivity index (χ1) is 3.80. The highest BCUT2D eigenvalue weighted by atomic mass is 14.2. The van der Waals surface area contributed by atoms with Crippen molar-refractivity contribution in [2.45, 2.75) is 38.4 Å². The molecule has 1 rings (SSSR count). The van der Waals surface area contributed by atoms with Gasteiger partial charge in [-0.1, -0.05) is 38.4 Å². The molecule has 0 nitrogen and oxygen atoms in total. The van der Waals surface area contributed by atoms with E-state index in [1.807, 2.05) is 0 Å². The first kappa shape index (κ1) is 6.19. The fourth-order valence-corrected chi connectivity index (χ4v) is 1.50. The maximum Gasteiger partial charge on any atom is 0.105 e. The van der Waals surface area contributed by atoms with Crippen LogP contribution in [0.2, 0.25) is 5.82 Å². The van der Waals surface area contributed by atoms with Crippen molar-refractivity contribution >= 4 is 7.85 Å². The van der Waals surface area contributed by atoms with E-state index in [0.717, 1.165) is 11.7 Å². The van der Waals surface area contributed by atoms with E-state index in [9.17, 15) is 0 Å². The maximum absolute atomic E-state index is 2.38. The lowest BCUT2D eigenvalue weighted by Crippen LogP contribution is -2.10. The molecule has 0 aromatic carbocycles. The molecule has 0 aliphatic heterocycles. The highest BCUT2D eigenvalue weighted by Crippen LogP contribution is 2.31. The summed E-state index contributed by atoms with van der Waals surface area (Å²) in [5.74, 6) is 2.01. The van der Waals surface area contributed by atoms with Crippen molar-refractivity contribution in [2.24, 2.45) is 5.92 Å².